The highest BCUT2D eigenvalue weighted by Gasteiger charge is 2.26. The standard InChI is InChI=1S/C15H13Cl2N7O3/c1-2-22-7-12(24(26)27)13(20-22)14(25)19-15-18-8-23(21-15)6-9-10(16)4-3-5-11(9)17/h3-5,7-8H,2,6H2,1H3,(H,19,21,25). The second-order valence-corrected chi connectivity index (χ2v) is 6.21. The van der Waals surface area contributed by atoms with Crippen molar-refractivity contribution in [1.29, 1.82) is 0 Å². The molecule has 2 heterocycles. The normalized spacial score (nSPS) is 10.8. The van der Waals surface area contributed by atoms with Gasteiger partial charge < -0.3 is 0 Å². The summed E-state index contributed by atoms with van der Waals surface area (Å²) in [6, 6.07) is 5.13. The molecule has 1 N–H and O–H groups in total. The molecule has 0 saturated carbocycles. The van der Waals surface area contributed by atoms with Gasteiger partial charge in [0.05, 0.1) is 11.5 Å². The Morgan fingerprint density at radius 3 is 2.59 bits per heavy atom. The highest BCUT2D eigenvalue weighted by molar-refractivity contribution is 6.35. The predicted molar refractivity (Wildman–Crippen MR) is 98.1 cm³/mol. The Balaban J connectivity index is 1.77. The lowest BCUT2D eigenvalue weighted by Crippen LogP contribution is -2.16. The molecule has 0 radical (unpaired) electrons. The topological polar surface area (TPSA) is 121 Å². The Morgan fingerprint density at radius 1 is 1.26 bits per heavy atom. The average Bonchev–Trinajstić information content (AvgIpc) is 3.25. The van der Waals surface area contributed by atoms with Gasteiger partial charge in [-0.15, -0.1) is 5.10 Å². The molecule has 0 aliphatic heterocycles. The van der Waals surface area contributed by atoms with Crippen LogP contribution in [-0.4, -0.2) is 35.4 Å². The summed E-state index contributed by atoms with van der Waals surface area (Å²) in [6.07, 6.45) is 2.58. The molecule has 3 rings (SSSR count). The zero-order chi connectivity index (χ0) is 19.6. The van der Waals surface area contributed by atoms with Gasteiger partial charge in [-0.2, -0.15) is 5.10 Å². The van der Waals surface area contributed by atoms with Crippen molar-refractivity contribution < 1.29 is 9.72 Å². The van der Waals surface area contributed by atoms with E-state index in [1.807, 2.05) is 0 Å². The van der Waals surface area contributed by atoms with Crippen LogP contribution >= 0.6 is 23.2 Å². The van der Waals surface area contributed by atoms with Crippen molar-refractivity contribution in [2.75, 3.05) is 5.32 Å². The molecule has 0 unspecified atom stereocenters. The van der Waals surface area contributed by atoms with Gasteiger partial charge in [-0.25, -0.2) is 9.67 Å². The van der Waals surface area contributed by atoms with Gasteiger partial charge in [0.2, 0.25) is 11.6 Å². The lowest BCUT2D eigenvalue weighted by Gasteiger charge is -2.06. The van der Waals surface area contributed by atoms with E-state index in [1.54, 1.807) is 25.1 Å². The van der Waals surface area contributed by atoms with Crippen LogP contribution < -0.4 is 5.32 Å². The molecule has 0 spiro atoms. The SMILES string of the molecule is CCn1cc([N+](=O)[O-])c(C(=O)Nc2ncn(Cc3c(Cl)cccc3Cl)n2)n1. The number of benzene rings is 1. The molecule has 2 aromatic heterocycles. The van der Waals surface area contributed by atoms with E-state index in [-0.39, 0.29) is 18.2 Å². The summed E-state index contributed by atoms with van der Waals surface area (Å²) in [7, 11) is 0. The largest absolute Gasteiger partial charge is 0.320 e. The smallest absolute Gasteiger partial charge is 0.287 e. The maximum absolute atomic E-state index is 12.3. The van der Waals surface area contributed by atoms with E-state index in [2.05, 4.69) is 20.5 Å². The number of nitrogens with one attached hydrogen (secondary N) is 1. The zero-order valence-electron chi connectivity index (χ0n) is 14.0. The van der Waals surface area contributed by atoms with Gasteiger partial charge in [-0.05, 0) is 19.1 Å². The third kappa shape index (κ3) is 4.07. The number of amides is 1. The third-order valence-corrected chi connectivity index (χ3v) is 4.33. The van der Waals surface area contributed by atoms with E-state index in [9.17, 15) is 14.9 Å². The van der Waals surface area contributed by atoms with Crippen LogP contribution in [0.15, 0.2) is 30.7 Å². The van der Waals surface area contributed by atoms with Crippen molar-refractivity contribution in [3.63, 3.8) is 0 Å². The number of halogens is 2. The molecule has 1 amide bonds. The molecule has 0 aliphatic carbocycles. The third-order valence-electron chi connectivity index (χ3n) is 3.62. The molecule has 12 heteroatoms. The predicted octanol–water partition coefficient (Wildman–Crippen LogP) is 3.01. The molecular weight excluding hydrogens is 397 g/mol. The van der Waals surface area contributed by atoms with Gasteiger partial charge in [0.15, 0.2) is 0 Å². The first-order chi connectivity index (χ1) is 12.9. The highest BCUT2D eigenvalue weighted by Crippen LogP contribution is 2.25. The fourth-order valence-electron chi connectivity index (χ4n) is 2.30. The summed E-state index contributed by atoms with van der Waals surface area (Å²) in [5.74, 6) is -0.800. The van der Waals surface area contributed by atoms with Crippen LogP contribution in [0.3, 0.4) is 0 Å². The summed E-state index contributed by atoms with van der Waals surface area (Å²) in [4.78, 5) is 26.7. The van der Waals surface area contributed by atoms with Gasteiger partial charge in [0.1, 0.15) is 12.5 Å². The molecule has 140 valence electrons. The maximum Gasteiger partial charge on any atom is 0.320 e. The maximum atomic E-state index is 12.3. The Hall–Kier alpha value is -2.98. The molecule has 0 atom stereocenters. The summed E-state index contributed by atoms with van der Waals surface area (Å²) >= 11 is 12.2. The summed E-state index contributed by atoms with van der Waals surface area (Å²) in [5, 5.41) is 22.5. The fraction of sp³-hybridized carbons (Fsp3) is 0.200. The van der Waals surface area contributed by atoms with Crippen LogP contribution in [0.25, 0.3) is 0 Å². The number of aromatic nitrogens is 5. The van der Waals surface area contributed by atoms with Gasteiger partial charge in [0, 0.05) is 22.2 Å². The van der Waals surface area contributed by atoms with Crippen molar-refractivity contribution in [2.24, 2.45) is 0 Å². The van der Waals surface area contributed by atoms with Gasteiger partial charge in [-0.3, -0.25) is 24.9 Å². The Morgan fingerprint density at radius 2 is 1.96 bits per heavy atom. The van der Waals surface area contributed by atoms with Crippen LogP contribution in [0.1, 0.15) is 23.0 Å². The van der Waals surface area contributed by atoms with E-state index >= 15 is 0 Å². The number of nitro groups is 1. The lowest BCUT2D eigenvalue weighted by atomic mass is 10.2. The summed E-state index contributed by atoms with van der Waals surface area (Å²) < 4.78 is 2.74. The first kappa shape index (κ1) is 18.8. The number of nitrogens with zero attached hydrogens (tertiary/aromatic N) is 6. The average molecular weight is 410 g/mol. The number of carbonyl (C=O) groups excluding carboxylic acids is 1. The van der Waals surface area contributed by atoms with E-state index in [0.717, 1.165) is 0 Å². The Kier molecular flexibility index (Phi) is 5.38. The first-order valence-corrected chi connectivity index (χ1v) is 8.50. The quantitative estimate of drug-likeness (QED) is 0.493. The summed E-state index contributed by atoms with van der Waals surface area (Å²) in [5.41, 5.74) is -0.0510. The van der Waals surface area contributed by atoms with Crippen LogP contribution in [0.4, 0.5) is 11.6 Å². The van der Waals surface area contributed by atoms with Crippen molar-refractivity contribution in [2.45, 2.75) is 20.0 Å². The number of anilines is 1. The minimum atomic E-state index is -0.776. The van der Waals surface area contributed by atoms with Crippen molar-refractivity contribution in [3.05, 3.63) is 62.1 Å². The molecule has 27 heavy (non-hydrogen) atoms. The molecular formula is C15H13Cl2N7O3. The van der Waals surface area contributed by atoms with Gasteiger partial charge >= 0.3 is 5.69 Å². The van der Waals surface area contributed by atoms with Gasteiger partial charge in [0.25, 0.3) is 5.91 Å². The number of carbonyl (C=O) groups is 1. The van der Waals surface area contributed by atoms with E-state index in [4.69, 9.17) is 23.2 Å². The number of aryl methyl sites for hydroxylation is 1. The first-order valence-electron chi connectivity index (χ1n) is 7.74. The minimum absolute atomic E-state index is 0.0245. The highest BCUT2D eigenvalue weighted by atomic mass is 35.5. The second-order valence-electron chi connectivity index (χ2n) is 5.40. The van der Waals surface area contributed by atoms with E-state index in [1.165, 1.54) is 21.9 Å². The second kappa shape index (κ2) is 7.72. The zero-order valence-corrected chi connectivity index (χ0v) is 15.5. The Bertz CT molecular complexity index is 995. The monoisotopic (exact) mass is 409 g/mol. The molecule has 0 aliphatic rings. The number of hydrogen-bond donors (Lipinski definition) is 1. The molecule has 0 saturated heterocycles. The molecule has 3 aromatic rings. The van der Waals surface area contributed by atoms with Gasteiger partial charge in [-0.1, -0.05) is 29.3 Å². The molecule has 10 nitrogen and oxygen atoms in total. The van der Waals surface area contributed by atoms with E-state index < -0.39 is 16.5 Å². The van der Waals surface area contributed by atoms with Crippen LogP contribution in [0, 0.1) is 10.1 Å². The van der Waals surface area contributed by atoms with Crippen molar-refractivity contribution in [3.8, 4) is 0 Å². The Labute approximate surface area is 162 Å². The molecule has 0 bridgehead atoms. The fourth-order valence-corrected chi connectivity index (χ4v) is 2.82. The van der Waals surface area contributed by atoms with Crippen LogP contribution in [0.5, 0.6) is 0 Å². The number of rotatable bonds is 6. The minimum Gasteiger partial charge on any atom is -0.287 e. The van der Waals surface area contributed by atoms with Crippen LogP contribution in [-0.2, 0) is 13.1 Å². The van der Waals surface area contributed by atoms with Crippen molar-refractivity contribution >= 4 is 40.7 Å². The molecule has 0 fully saturated rings. The number of hydrogen-bond acceptors (Lipinski definition) is 6. The van der Waals surface area contributed by atoms with E-state index in [0.29, 0.717) is 22.2 Å². The lowest BCUT2D eigenvalue weighted by molar-refractivity contribution is -0.385. The summed E-state index contributed by atoms with van der Waals surface area (Å²) in [6.45, 7) is 2.38. The molecule has 1 aromatic carbocycles. The van der Waals surface area contributed by atoms with Crippen LogP contribution in [0.2, 0.25) is 10.0 Å². The van der Waals surface area contributed by atoms with Crippen molar-refractivity contribution in [1.82, 2.24) is 24.5 Å².